The Kier molecular flexibility index (Phi) is 2.76. The lowest BCUT2D eigenvalue weighted by Gasteiger charge is -2.07. The summed E-state index contributed by atoms with van der Waals surface area (Å²) in [6.45, 7) is 0.985. The van der Waals surface area contributed by atoms with Gasteiger partial charge in [-0.25, -0.2) is 0 Å². The van der Waals surface area contributed by atoms with Crippen LogP contribution in [0.2, 0.25) is 0 Å². The predicted octanol–water partition coefficient (Wildman–Crippen LogP) is 0.00470. The number of nitrogens with zero attached hydrogens (tertiary/aromatic N) is 2. The molecule has 0 amide bonds. The maximum Gasteiger partial charge on any atom is 0.257 e. The molecule has 2 unspecified atom stereocenters. The lowest BCUT2D eigenvalue weighted by molar-refractivity contribution is 0.0766. The molecule has 1 aliphatic rings. The molecule has 0 spiro atoms. The average molecular weight is 199 g/mol. The molecule has 0 radical (unpaired) electrons. The number of aromatic nitrogens is 2. The van der Waals surface area contributed by atoms with Crippen molar-refractivity contribution in [2.24, 2.45) is 5.73 Å². The van der Waals surface area contributed by atoms with E-state index in [1.165, 1.54) is 0 Å². The monoisotopic (exact) mass is 199 g/mol. The third kappa shape index (κ3) is 1.77. The first-order valence-electron chi connectivity index (χ1n) is 4.50. The van der Waals surface area contributed by atoms with Crippen LogP contribution in [0.25, 0.3) is 0 Å². The summed E-state index contributed by atoms with van der Waals surface area (Å²) in [6.07, 6.45) is 0.570. The van der Waals surface area contributed by atoms with Gasteiger partial charge in [-0.05, 0) is 6.42 Å². The Bertz CT molecular complexity index is 302. The molecule has 2 rings (SSSR count). The molecule has 6 nitrogen and oxygen atoms in total. The molecular weight excluding hydrogens is 186 g/mol. The molecule has 1 fully saturated rings. The Labute approximate surface area is 81.4 Å². The zero-order valence-electron chi connectivity index (χ0n) is 7.97. The minimum atomic E-state index is -0.256. The third-order valence-corrected chi connectivity index (χ3v) is 2.14. The minimum absolute atomic E-state index is 0.0501. The highest BCUT2D eigenvalue weighted by Crippen LogP contribution is 2.26. The summed E-state index contributed by atoms with van der Waals surface area (Å²) in [5.74, 6) is 0.965. The van der Waals surface area contributed by atoms with Crippen molar-refractivity contribution >= 4 is 0 Å². The van der Waals surface area contributed by atoms with Crippen molar-refractivity contribution in [3.8, 4) is 0 Å². The number of rotatable bonds is 3. The Morgan fingerprint density at radius 2 is 2.50 bits per heavy atom. The quantitative estimate of drug-likeness (QED) is 0.738. The number of hydrogen-bond donors (Lipinski definition) is 1. The number of hydrogen-bond acceptors (Lipinski definition) is 6. The van der Waals surface area contributed by atoms with Crippen molar-refractivity contribution in [1.82, 2.24) is 10.1 Å². The van der Waals surface area contributed by atoms with E-state index < -0.39 is 0 Å². The fraction of sp³-hybridized carbons (Fsp3) is 0.750. The third-order valence-electron chi connectivity index (χ3n) is 2.14. The molecule has 6 heteroatoms. The molecule has 2 heterocycles. The second kappa shape index (κ2) is 4.04. The van der Waals surface area contributed by atoms with E-state index >= 15 is 0 Å². The maximum absolute atomic E-state index is 5.81. The van der Waals surface area contributed by atoms with E-state index in [1.54, 1.807) is 7.11 Å². The van der Waals surface area contributed by atoms with E-state index in [0.717, 1.165) is 6.42 Å². The van der Waals surface area contributed by atoms with Gasteiger partial charge in [0.05, 0.1) is 0 Å². The van der Waals surface area contributed by atoms with Gasteiger partial charge in [-0.1, -0.05) is 5.16 Å². The van der Waals surface area contributed by atoms with Crippen molar-refractivity contribution < 1.29 is 14.0 Å². The highest BCUT2D eigenvalue weighted by molar-refractivity contribution is 4.96. The molecule has 2 N–H and O–H groups in total. The Hall–Kier alpha value is -0.980. The first kappa shape index (κ1) is 9.57. The van der Waals surface area contributed by atoms with Gasteiger partial charge in [0.15, 0.2) is 11.9 Å². The predicted molar refractivity (Wildman–Crippen MR) is 46.3 cm³/mol. The summed E-state index contributed by atoms with van der Waals surface area (Å²) in [5.41, 5.74) is 5.81. The van der Waals surface area contributed by atoms with Crippen molar-refractivity contribution in [3.63, 3.8) is 0 Å². The first-order valence-corrected chi connectivity index (χ1v) is 4.50. The van der Waals surface area contributed by atoms with Crippen LogP contribution in [0.5, 0.6) is 0 Å². The molecule has 1 saturated heterocycles. The van der Waals surface area contributed by atoms with E-state index in [-0.39, 0.29) is 12.1 Å². The molecule has 14 heavy (non-hydrogen) atoms. The van der Waals surface area contributed by atoms with E-state index in [4.69, 9.17) is 19.7 Å². The van der Waals surface area contributed by atoms with E-state index in [2.05, 4.69) is 10.1 Å². The van der Waals surface area contributed by atoms with Crippen LogP contribution in [0.1, 0.15) is 24.2 Å². The fourth-order valence-electron chi connectivity index (χ4n) is 1.43. The van der Waals surface area contributed by atoms with E-state index in [0.29, 0.717) is 24.9 Å². The summed E-state index contributed by atoms with van der Waals surface area (Å²) < 4.78 is 15.3. The molecule has 2 atom stereocenters. The lowest BCUT2D eigenvalue weighted by Crippen LogP contribution is -2.23. The Morgan fingerprint density at radius 3 is 3.14 bits per heavy atom. The van der Waals surface area contributed by atoms with Crippen molar-refractivity contribution in [2.75, 3.05) is 13.7 Å². The van der Waals surface area contributed by atoms with Crippen LogP contribution in [0, 0.1) is 0 Å². The normalized spacial score (nSPS) is 27.0. The van der Waals surface area contributed by atoms with Gasteiger partial charge in [-0.15, -0.1) is 0 Å². The highest BCUT2D eigenvalue weighted by atomic mass is 16.5. The molecule has 0 aromatic carbocycles. The molecule has 78 valence electrons. The Balaban J connectivity index is 2.08. The molecule has 0 aliphatic carbocycles. The Morgan fingerprint density at radius 1 is 1.64 bits per heavy atom. The van der Waals surface area contributed by atoms with Gasteiger partial charge >= 0.3 is 0 Å². The van der Waals surface area contributed by atoms with Gasteiger partial charge in [0, 0.05) is 19.8 Å². The standard InChI is InChI=1S/C8H13N3O3/c1-12-4-6-10-8(14-11-6)7-5(9)2-3-13-7/h5,7H,2-4,9H2,1H3. The van der Waals surface area contributed by atoms with Crippen LogP contribution >= 0.6 is 0 Å². The minimum Gasteiger partial charge on any atom is -0.377 e. The lowest BCUT2D eigenvalue weighted by atomic mass is 10.1. The van der Waals surface area contributed by atoms with Gasteiger partial charge in [0.25, 0.3) is 5.89 Å². The van der Waals surface area contributed by atoms with Crippen LogP contribution in [0.3, 0.4) is 0 Å². The van der Waals surface area contributed by atoms with Crippen LogP contribution < -0.4 is 5.73 Å². The molecule has 0 bridgehead atoms. The summed E-state index contributed by atoms with van der Waals surface area (Å²) in [7, 11) is 1.58. The largest absolute Gasteiger partial charge is 0.377 e. The van der Waals surface area contributed by atoms with Gasteiger partial charge in [0.2, 0.25) is 0 Å². The second-order valence-electron chi connectivity index (χ2n) is 3.23. The smallest absolute Gasteiger partial charge is 0.257 e. The maximum atomic E-state index is 5.81. The van der Waals surface area contributed by atoms with Crippen LogP contribution in [-0.2, 0) is 16.1 Å². The zero-order chi connectivity index (χ0) is 9.97. The van der Waals surface area contributed by atoms with Gasteiger partial charge in [-0.2, -0.15) is 4.98 Å². The van der Waals surface area contributed by atoms with Crippen LogP contribution in [-0.4, -0.2) is 29.9 Å². The molecule has 1 aromatic rings. The molecule has 1 aromatic heterocycles. The average Bonchev–Trinajstić information content (AvgIpc) is 2.74. The fourth-order valence-corrected chi connectivity index (χ4v) is 1.43. The van der Waals surface area contributed by atoms with Gasteiger partial charge < -0.3 is 19.7 Å². The van der Waals surface area contributed by atoms with Gasteiger partial charge in [-0.3, -0.25) is 0 Å². The summed E-state index contributed by atoms with van der Waals surface area (Å²) in [5, 5.41) is 3.74. The number of ether oxygens (including phenoxy) is 2. The summed E-state index contributed by atoms with van der Waals surface area (Å²) in [4.78, 5) is 4.12. The van der Waals surface area contributed by atoms with Gasteiger partial charge in [0.1, 0.15) is 6.61 Å². The van der Waals surface area contributed by atoms with Crippen molar-refractivity contribution in [3.05, 3.63) is 11.7 Å². The molecule has 0 saturated carbocycles. The first-order chi connectivity index (χ1) is 6.81. The van der Waals surface area contributed by atoms with Crippen molar-refractivity contribution in [1.29, 1.82) is 0 Å². The zero-order valence-corrected chi connectivity index (χ0v) is 7.97. The SMILES string of the molecule is COCc1noc(C2OCCC2N)n1. The number of nitrogens with two attached hydrogens (primary N) is 1. The number of methoxy groups -OCH3 is 1. The highest BCUT2D eigenvalue weighted by Gasteiger charge is 2.31. The summed E-state index contributed by atoms with van der Waals surface area (Å²) in [6, 6.07) is -0.0501. The van der Waals surface area contributed by atoms with E-state index in [1.807, 2.05) is 0 Å². The van der Waals surface area contributed by atoms with Crippen molar-refractivity contribution in [2.45, 2.75) is 25.2 Å². The molecule has 1 aliphatic heterocycles. The van der Waals surface area contributed by atoms with E-state index in [9.17, 15) is 0 Å². The molecular formula is C8H13N3O3. The van der Waals surface area contributed by atoms with Crippen LogP contribution in [0.15, 0.2) is 4.52 Å². The topological polar surface area (TPSA) is 83.4 Å². The summed E-state index contributed by atoms with van der Waals surface area (Å²) >= 11 is 0. The van der Waals surface area contributed by atoms with Crippen LogP contribution in [0.4, 0.5) is 0 Å². The second-order valence-corrected chi connectivity index (χ2v) is 3.23.